The Labute approximate surface area is 196 Å². The second-order valence-corrected chi connectivity index (χ2v) is 8.39. The van der Waals surface area contributed by atoms with Crippen LogP contribution in [0.1, 0.15) is 16.7 Å². The highest BCUT2D eigenvalue weighted by molar-refractivity contribution is 6.46. The summed E-state index contributed by atoms with van der Waals surface area (Å²) < 4.78 is 11.2. The highest BCUT2D eigenvalue weighted by Crippen LogP contribution is 2.37. The zero-order chi connectivity index (χ0) is 23.1. The van der Waals surface area contributed by atoms with Gasteiger partial charge in [-0.15, -0.1) is 0 Å². The third kappa shape index (κ3) is 3.83. The van der Waals surface area contributed by atoms with Crippen LogP contribution in [0.15, 0.2) is 66.4 Å². The van der Waals surface area contributed by atoms with Gasteiger partial charge in [0.05, 0.1) is 11.3 Å². The lowest BCUT2D eigenvalue weighted by molar-refractivity contribution is -0.120. The van der Waals surface area contributed by atoms with Gasteiger partial charge in [-0.2, -0.15) is 0 Å². The first kappa shape index (κ1) is 21.1. The quantitative estimate of drug-likeness (QED) is 0.547. The predicted molar refractivity (Wildman–Crippen MR) is 128 cm³/mol. The molecule has 0 aromatic heterocycles. The number of hydrogen-bond acceptors (Lipinski definition) is 5. The second-order valence-electron chi connectivity index (χ2n) is 7.95. The molecule has 166 valence electrons. The minimum Gasteiger partial charge on any atom is -0.486 e. The Bertz CT molecular complexity index is 1310. The first-order chi connectivity index (χ1) is 15.9. The molecule has 2 heterocycles. The number of hydrogen-bond donors (Lipinski definition) is 1. The monoisotopic (exact) mass is 460 g/mol. The Kier molecular flexibility index (Phi) is 5.30. The lowest BCUT2D eigenvalue weighted by Crippen LogP contribution is -2.32. The van der Waals surface area contributed by atoms with Crippen LogP contribution >= 0.6 is 11.6 Å². The minimum absolute atomic E-state index is 0.192. The fraction of sp³-hybridized carbons (Fsp3) is 0.154. The van der Waals surface area contributed by atoms with Crippen molar-refractivity contribution in [3.05, 3.63) is 88.1 Å². The second kappa shape index (κ2) is 8.30. The van der Waals surface area contributed by atoms with Gasteiger partial charge in [0.25, 0.3) is 11.8 Å². The van der Waals surface area contributed by atoms with Crippen molar-refractivity contribution >= 4 is 40.4 Å². The number of imide groups is 1. The first-order valence-corrected chi connectivity index (χ1v) is 10.9. The molecule has 3 aromatic carbocycles. The van der Waals surface area contributed by atoms with Gasteiger partial charge < -0.3 is 14.8 Å². The van der Waals surface area contributed by atoms with Gasteiger partial charge in [0.2, 0.25) is 0 Å². The zero-order valence-corrected chi connectivity index (χ0v) is 18.9. The molecule has 1 N–H and O–H groups in total. The fourth-order valence-electron chi connectivity index (χ4n) is 3.89. The largest absolute Gasteiger partial charge is 0.486 e. The SMILES string of the molecule is Cc1ccc(N2C(=O)C(Nc3ccc4c(c3)OCCO4)=C(c3ccc(Cl)cc3)C2=O)cc1C. The van der Waals surface area contributed by atoms with Crippen molar-refractivity contribution < 1.29 is 19.1 Å². The van der Waals surface area contributed by atoms with Gasteiger partial charge in [0.1, 0.15) is 18.9 Å². The van der Waals surface area contributed by atoms with Gasteiger partial charge in [-0.1, -0.05) is 29.8 Å². The van der Waals surface area contributed by atoms with Crippen LogP contribution < -0.4 is 19.7 Å². The normalized spacial score (nSPS) is 15.3. The average Bonchev–Trinajstić information content (AvgIpc) is 3.05. The molecule has 0 atom stereocenters. The number of rotatable bonds is 4. The van der Waals surface area contributed by atoms with Gasteiger partial charge in [0, 0.05) is 16.8 Å². The maximum atomic E-state index is 13.6. The molecule has 2 aliphatic heterocycles. The summed E-state index contributed by atoms with van der Waals surface area (Å²) in [4.78, 5) is 28.3. The van der Waals surface area contributed by atoms with Crippen LogP contribution in [0.2, 0.25) is 5.02 Å². The molecule has 0 spiro atoms. The average molecular weight is 461 g/mol. The lowest BCUT2D eigenvalue weighted by Gasteiger charge is -2.19. The van der Waals surface area contributed by atoms with E-state index in [9.17, 15) is 9.59 Å². The topological polar surface area (TPSA) is 67.9 Å². The highest BCUT2D eigenvalue weighted by Gasteiger charge is 2.40. The van der Waals surface area contributed by atoms with Crippen molar-refractivity contribution in [3.8, 4) is 11.5 Å². The Morgan fingerprint density at radius 3 is 2.27 bits per heavy atom. The number of ether oxygens (including phenoxy) is 2. The molecule has 5 rings (SSSR count). The summed E-state index contributed by atoms with van der Waals surface area (Å²) in [6.45, 7) is 4.88. The smallest absolute Gasteiger partial charge is 0.282 e. The van der Waals surface area contributed by atoms with Crippen LogP contribution in [0.4, 0.5) is 11.4 Å². The van der Waals surface area contributed by atoms with Crippen molar-refractivity contribution in [2.45, 2.75) is 13.8 Å². The van der Waals surface area contributed by atoms with Crippen molar-refractivity contribution in [2.75, 3.05) is 23.4 Å². The van der Waals surface area contributed by atoms with Gasteiger partial charge in [-0.05, 0) is 66.9 Å². The third-order valence-electron chi connectivity index (χ3n) is 5.78. The Morgan fingerprint density at radius 1 is 0.818 bits per heavy atom. The molecule has 0 saturated heterocycles. The van der Waals surface area contributed by atoms with Gasteiger partial charge in [-0.25, -0.2) is 4.90 Å². The Morgan fingerprint density at radius 2 is 1.55 bits per heavy atom. The highest BCUT2D eigenvalue weighted by atomic mass is 35.5. The summed E-state index contributed by atoms with van der Waals surface area (Å²) in [5.41, 5.74) is 4.29. The molecule has 0 saturated carbocycles. The maximum absolute atomic E-state index is 13.6. The van der Waals surface area contributed by atoms with Crippen LogP contribution in [0, 0.1) is 13.8 Å². The summed E-state index contributed by atoms with van der Waals surface area (Å²) in [7, 11) is 0. The summed E-state index contributed by atoms with van der Waals surface area (Å²) in [5.74, 6) is 0.403. The van der Waals surface area contributed by atoms with E-state index in [1.807, 2.05) is 26.0 Å². The lowest BCUT2D eigenvalue weighted by atomic mass is 10.0. The van der Waals surface area contributed by atoms with E-state index in [2.05, 4.69) is 5.32 Å². The minimum atomic E-state index is -0.428. The van der Waals surface area contributed by atoms with Crippen LogP contribution in [0.3, 0.4) is 0 Å². The molecule has 6 nitrogen and oxygen atoms in total. The molecular weight excluding hydrogens is 440 g/mol. The number of amides is 2. The van der Waals surface area contributed by atoms with Crippen LogP contribution in [0.5, 0.6) is 11.5 Å². The molecule has 2 aliphatic rings. The van der Waals surface area contributed by atoms with Crippen LogP contribution in [0.25, 0.3) is 5.57 Å². The molecule has 3 aromatic rings. The van der Waals surface area contributed by atoms with E-state index in [-0.39, 0.29) is 11.3 Å². The van der Waals surface area contributed by atoms with Crippen molar-refractivity contribution in [2.24, 2.45) is 0 Å². The number of aryl methyl sites for hydroxylation is 2. The molecule has 0 fully saturated rings. The van der Waals surface area contributed by atoms with E-state index in [1.54, 1.807) is 48.5 Å². The fourth-order valence-corrected chi connectivity index (χ4v) is 4.02. The van der Waals surface area contributed by atoms with E-state index < -0.39 is 11.8 Å². The van der Waals surface area contributed by atoms with Gasteiger partial charge in [0.15, 0.2) is 11.5 Å². The van der Waals surface area contributed by atoms with Gasteiger partial charge >= 0.3 is 0 Å². The van der Waals surface area contributed by atoms with E-state index in [1.165, 1.54) is 4.90 Å². The number of benzene rings is 3. The number of nitrogens with one attached hydrogen (secondary N) is 1. The Hall–Kier alpha value is -3.77. The first-order valence-electron chi connectivity index (χ1n) is 10.6. The summed E-state index contributed by atoms with van der Waals surface area (Å²) >= 11 is 6.05. The van der Waals surface area contributed by atoms with E-state index in [0.717, 1.165) is 11.1 Å². The van der Waals surface area contributed by atoms with Crippen molar-refractivity contribution in [1.29, 1.82) is 0 Å². The molecule has 0 radical (unpaired) electrons. The van der Waals surface area contributed by atoms with Crippen LogP contribution in [-0.2, 0) is 9.59 Å². The number of anilines is 2. The standard InChI is InChI=1S/C26H21ClN2O4/c1-15-3-9-20(13-16(15)2)29-25(30)23(17-4-6-18(27)7-5-17)24(26(29)31)28-19-8-10-21-22(14-19)33-12-11-32-21/h3-10,13-14,28H,11-12H2,1-2H3. The van der Waals surface area contributed by atoms with E-state index >= 15 is 0 Å². The molecule has 0 unspecified atom stereocenters. The third-order valence-corrected chi connectivity index (χ3v) is 6.03. The van der Waals surface area contributed by atoms with Crippen LogP contribution in [-0.4, -0.2) is 25.0 Å². The van der Waals surface area contributed by atoms with Crippen molar-refractivity contribution in [1.82, 2.24) is 0 Å². The summed E-state index contributed by atoms with van der Waals surface area (Å²) in [6, 6.07) is 17.7. The van der Waals surface area contributed by atoms with Gasteiger partial charge in [-0.3, -0.25) is 9.59 Å². The maximum Gasteiger partial charge on any atom is 0.282 e. The summed E-state index contributed by atoms with van der Waals surface area (Å²) in [5, 5.41) is 3.70. The summed E-state index contributed by atoms with van der Waals surface area (Å²) in [6.07, 6.45) is 0. The van der Waals surface area contributed by atoms with Crippen molar-refractivity contribution in [3.63, 3.8) is 0 Å². The zero-order valence-electron chi connectivity index (χ0n) is 18.1. The predicted octanol–water partition coefficient (Wildman–Crippen LogP) is 5.12. The molecule has 0 aliphatic carbocycles. The Balaban J connectivity index is 1.58. The molecule has 2 amide bonds. The van der Waals surface area contributed by atoms with E-state index in [4.69, 9.17) is 21.1 Å². The number of nitrogens with zero attached hydrogens (tertiary/aromatic N) is 1. The molecule has 33 heavy (non-hydrogen) atoms. The number of carbonyl (C=O) groups excluding carboxylic acids is 2. The molecule has 7 heteroatoms. The molecular formula is C26H21ClN2O4. The van der Waals surface area contributed by atoms with E-state index in [0.29, 0.717) is 46.7 Å². The molecule has 0 bridgehead atoms. The number of halogens is 1. The number of fused-ring (bicyclic) bond motifs is 1. The number of carbonyl (C=O) groups is 2.